The van der Waals surface area contributed by atoms with Gasteiger partial charge in [-0.05, 0) is 18.2 Å². The lowest BCUT2D eigenvalue weighted by Gasteiger charge is -1.93. The second-order valence-corrected chi connectivity index (χ2v) is 5.41. The summed E-state index contributed by atoms with van der Waals surface area (Å²) in [5.74, 6) is -1.84. The second kappa shape index (κ2) is 6.80. The van der Waals surface area contributed by atoms with Crippen LogP contribution in [0.25, 0.3) is 22.4 Å². The quantitative estimate of drug-likeness (QED) is 0.665. The van der Waals surface area contributed by atoms with Gasteiger partial charge >= 0.3 is 12.1 Å². The number of fused-ring (bicyclic) bond motifs is 1. The molecule has 0 atom stereocenters. The molecule has 2 aromatic heterocycles. The Morgan fingerprint density at radius 3 is 2.52 bits per heavy atom. The number of hydrogen-bond acceptors (Lipinski definition) is 4. The summed E-state index contributed by atoms with van der Waals surface area (Å²) < 4.78 is 31.7. The molecule has 0 saturated heterocycles. The zero-order valence-electron chi connectivity index (χ0n) is 11.6. The fraction of sp³-hybridized carbons (Fsp3) is 0.143. The Morgan fingerprint density at radius 2 is 2.00 bits per heavy atom. The third-order valence-electron chi connectivity index (χ3n) is 2.76. The highest BCUT2D eigenvalue weighted by molar-refractivity contribution is 7.10. The van der Waals surface area contributed by atoms with Gasteiger partial charge in [0.25, 0.3) is 0 Å². The molecular weight excluding hydrogens is 331 g/mol. The van der Waals surface area contributed by atoms with Gasteiger partial charge in [-0.3, -0.25) is 0 Å². The Labute approximate surface area is 132 Å². The molecule has 0 radical (unpaired) electrons. The first-order chi connectivity index (χ1) is 10.8. The number of hydrogen-bond donors (Lipinski definition) is 3. The van der Waals surface area contributed by atoms with Crippen molar-refractivity contribution in [1.82, 2.24) is 9.97 Å². The first-order valence-electron chi connectivity index (χ1n) is 6.34. The largest absolute Gasteiger partial charge is 0.490 e. The third kappa shape index (κ3) is 4.30. The lowest BCUT2D eigenvalue weighted by molar-refractivity contribution is -0.192. The Morgan fingerprint density at radius 1 is 1.35 bits per heavy atom. The number of benzene rings is 1. The molecular formula is C14H12F3N3O2S. The van der Waals surface area contributed by atoms with Gasteiger partial charge in [-0.25, -0.2) is 9.78 Å². The number of para-hydroxylation sites is 2. The molecule has 0 fully saturated rings. The maximum Gasteiger partial charge on any atom is 0.490 e. The third-order valence-corrected chi connectivity index (χ3v) is 3.72. The van der Waals surface area contributed by atoms with Crippen molar-refractivity contribution in [3.05, 3.63) is 40.6 Å². The van der Waals surface area contributed by atoms with E-state index in [2.05, 4.69) is 21.4 Å². The average Bonchev–Trinajstić information content (AvgIpc) is 3.13. The highest BCUT2D eigenvalue weighted by atomic mass is 32.1. The number of alkyl halides is 3. The summed E-state index contributed by atoms with van der Waals surface area (Å²) in [5.41, 5.74) is 8.77. The fourth-order valence-corrected chi connectivity index (χ4v) is 2.45. The van der Waals surface area contributed by atoms with E-state index in [0.29, 0.717) is 6.54 Å². The van der Waals surface area contributed by atoms with E-state index in [9.17, 15) is 13.2 Å². The van der Waals surface area contributed by atoms with E-state index >= 15 is 0 Å². The number of imidazole rings is 1. The number of H-pyrrole nitrogens is 1. The van der Waals surface area contributed by atoms with Gasteiger partial charge in [0.15, 0.2) is 0 Å². The smallest absolute Gasteiger partial charge is 0.475 e. The Bertz CT molecular complexity index is 778. The highest BCUT2D eigenvalue weighted by Gasteiger charge is 2.38. The zero-order valence-corrected chi connectivity index (χ0v) is 12.4. The maximum atomic E-state index is 10.6. The summed E-state index contributed by atoms with van der Waals surface area (Å²) in [6.07, 6.45) is -5.08. The maximum absolute atomic E-state index is 10.6. The summed E-state index contributed by atoms with van der Waals surface area (Å²) in [7, 11) is 0. The number of thiophene rings is 1. The molecule has 23 heavy (non-hydrogen) atoms. The normalized spacial score (nSPS) is 11.1. The minimum atomic E-state index is -5.08. The van der Waals surface area contributed by atoms with Crippen LogP contribution in [-0.4, -0.2) is 27.2 Å². The molecule has 2 heterocycles. The van der Waals surface area contributed by atoms with Crippen molar-refractivity contribution in [3.8, 4) is 11.4 Å². The number of aromatic amines is 1. The minimum absolute atomic E-state index is 0.588. The summed E-state index contributed by atoms with van der Waals surface area (Å²) in [6, 6.07) is 10.1. The molecule has 3 rings (SSSR count). The van der Waals surface area contributed by atoms with E-state index in [1.165, 1.54) is 4.88 Å². The van der Waals surface area contributed by atoms with Gasteiger partial charge in [0.05, 0.1) is 11.0 Å². The van der Waals surface area contributed by atoms with E-state index in [0.717, 1.165) is 22.4 Å². The van der Waals surface area contributed by atoms with Crippen LogP contribution in [-0.2, 0) is 11.3 Å². The predicted octanol–water partition coefficient (Wildman–Crippen LogP) is 3.38. The number of carboxylic acid groups (broad SMARTS) is 1. The van der Waals surface area contributed by atoms with Gasteiger partial charge in [-0.1, -0.05) is 12.1 Å². The lowest BCUT2D eigenvalue weighted by atomic mass is 10.3. The van der Waals surface area contributed by atoms with E-state index in [1.54, 1.807) is 11.3 Å². The second-order valence-electron chi connectivity index (χ2n) is 4.41. The van der Waals surface area contributed by atoms with Crippen molar-refractivity contribution < 1.29 is 23.1 Å². The number of aliphatic carboxylic acids is 1. The molecule has 0 aliphatic rings. The summed E-state index contributed by atoms with van der Waals surface area (Å²) in [6.45, 7) is 0.588. The molecule has 1 aromatic carbocycles. The van der Waals surface area contributed by atoms with Gasteiger partial charge in [0.2, 0.25) is 0 Å². The average molecular weight is 343 g/mol. The van der Waals surface area contributed by atoms with Gasteiger partial charge < -0.3 is 15.8 Å². The van der Waals surface area contributed by atoms with E-state index in [-0.39, 0.29) is 0 Å². The van der Waals surface area contributed by atoms with Crippen LogP contribution < -0.4 is 5.73 Å². The fourth-order valence-electron chi connectivity index (χ4n) is 1.70. The van der Waals surface area contributed by atoms with E-state index < -0.39 is 12.1 Å². The number of nitrogens with one attached hydrogen (secondary N) is 1. The molecule has 0 amide bonds. The van der Waals surface area contributed by atoms with E-state index in [4.69, 9.17) is 15.6 Å². The monoisotopic (exact) mass is 343 g/mol. The summed E-state index contributed by atoms with van der Waals surface area (Å²) in [5, 5.41) is 9.21. The Balaban J connectivity index is 0.000000236. The van der Waals surface area contributed by atoms with Crippen LogP contribution in [0.15, 0.2) is 35.7 Å². The number of carbonyl (C=O) groups is 1. The van der Waals surface area contributed by atoms with Gasteiger partial charge in [0.1, 0.15) is 5.82 Å². The molecule has 0 aliphatic heterocycles. The van der Waals surface area contributed by atoms with Crippen LogP contribution in [0.4, 0.5) is 13.2 Å². The van der Waals surface area contributed by atoms with Crippen LogP contribution in [0.2, 0.25) is 0 Å². The SMILES string of the molecule is NCc1cc(-c2nc3ccccc3[nH]2)cs1.O=C(O)C(F)(F)F. The zero-order chi connectivity index (χ0) is 17.0. The summed E-state index contributed by atoms with van der Waals surface area (Å²) in [4.78, 5) is 17.9. The van der Waals surface area contributed by atoms with Crippen molar-refractivity contribution >= 4 is 28.3 Å². The van der Waals surface area contributed by atoms with Crippen molar-refractivity contribution in [2.45, 2.75) is 12.7 Å². The predicted molar refractivity (Wildman–Crippen MR) is 81.0 cm³/mol. The van der Waals surface area contributed by atoms with Gasteiger partial charge in [0, 0.05) is 22.4 Å². The highest BCUT2D eigenvalue weighted by Crippen LogP contribution is 2.25. The number of rotatable bonds is 2. The minimum Gasteiger partial charge on any atom is -0.475 e. The van der Waals surface area contributed by atoms with Crippen LogP contribution in [0.3, 0.4) is 0 Å². The number of halogens is 3. The van der Waals surface area contributed by atoms with Crippen molar-refractivity contribution in [2.24, 2.45) is 5.73 Å². The molecule has 0 bridgehead atoms. The lowest BCUT2D eigenvalue weighted by Crippen LogP contribution is -2.21. The molecule has 5 nitrogen and oxygen atoms in total. The topological polar surface area (TPSA) is 92.0 Å². The first kappa shape index (κ1) is 17.0. The molecule has 0 aliphatic carbocycles. The van der Waals surface area contributed by atoms with Crippen molar-refractivity contribution in [1.29, 1.82) is 0 Å². The molecule has 122 valence electrons. The van der Waals surface area contributed by atoms with Gasteiger partial charge in [-0.2, -0.15) is 13.2 Å². The van der Waals surface area contributed by atoms with Crippen molar-refractivity contribution in [2.75, 3.05) is 0 Å². The van der Waals surface area contributed by atoms with Crippen LogP contribution in [0.1, 0.15) is 4.88 Å². The van der Waals surface area contributed by atoms with Gasteiger partial charge in [-0.15, -0.1) is 11.3 Å². The van der Waals surface area contributed by atoms with Crippen LogP contribution in [0, 0.1) is 0 Å². The van der Waals surface area contributed by atoms with Crippen molar-refractivity contribution in [3.63, 3.8) is 0 Å². The first-order valence-corrected chi connectivity index (χ1v) is 7.22. The number of nitrogens with zero attached hydrogens (tertiary/aromatic N) is 1. The number of nitrogens with two attached hydrogens (primary N) is 1. The standard InChI is InChI=1S/C12H11N3S.C2HF3O2/c13-6-9-5-8(7-16-9)12-14-10-3-1-2-4-11(10)15-12;3-2(4,5)1(6)7/h1-5,7H,6,13H2,(H,14,15);(H,6,7). The van der Waals surface area contributed by atoms with Crippen LogP contribution >= 0.6 is 11.3 Å². The molecule has 0 spiro atoms. The molecule has 3 aromatic rings. The Kier molecular flexibility index (Phi) is 5.02. The molecule has 0 unspecified atom stereocenters. The molecule has 0 saturated carbocycles. The molecule has 9 heteroatoms. The molecule has 4 N–H and O–H groups in total. The summed E-state index contributed by atoms with van der Waals surface area (Å²) >= 11 is 1.67. The number of aromatic nitrogens is 2. The van der Waals surface area contributed by atoms with Crippen LogP contribution in [0.5, 0.6) is 0 Å². The Hall–Kier alpha value is -2.39. The van der Waals surface area contributed by atoms with E-state index in [1.807, 2.05) is 24.3 Å². The number of carboxylic acids is 1.